The summed E-state index contributed by atoms with van der Waals surface area (Å²) in [6.45, 7) is 0. The predicted molar refractivity (Wildman–Crippen MR) is 81.2 cm³/mol. The number of benzene rings is 1. The molecule has 2 rings (SSSR count). The molecule has 1 saturated carbocycles. The molecule has 1 amide bonds. The zero-order valence-electron chi connectivity index (χ0n) is 10.5. The van der Waals surface area contributed by atoms with Crippen molar-refractivity contribution in [2.45, 2.75) is 37.6 Å². The maximum Gasteiger partial charge on any atom is 0.252 e. The molecule has 0 saturated heterocycles. The molecule has 5 heteroatoms. The van der Waals surface area contributed by atoms with Crippen LogP contribution in [0, 0.1) is 5.82 Å². The molecule has 0 radical (unpaired) electrons. The second-order valence-corrected chi connectivity index (χ2v) is 6.38. The molecule has 2 nitrogen and oxygen atoms in total. The summed E-state index contributed by atoms with van der Waals surface area (Å²) in [7, 11) is 0. The molecule has 1 aliphatic rings. The summed E-state index contributed by atoms with van der Waals surface area (Å²) in [5.41, 5.74) is 0.159. The Hall–Kier alpha value is -0.420. The predicted octanol–water partition coefficient (Wildman–Crippen LogP) is 4.42. The van der Waals surface area contributed by atoms with Gasteiger partial charge in [0, 0.05) is 5.33 Å². The second-order valence-electron chi connectivity index (χ2n) is 5.03. The Morgan fingerprint density at radius 1 is 1.32 bits per heavy atom. The zero-order valence-corrected chi connectivity index (χ0v) is 13.7. The average molecular weight is 393 g/mol. The molecule has 0 bridgehead atoms. The lowest BCUT2D eigenvalue weighted by Crippen LogP contribution is -2.51. The van der Waals surface area contributed by atoms with E-state index in [2.05, 4.69) is 37.2 Å². The molecule has 0 unspecified atom stereocenters. The van der Waals surface area contributed by atoms with E-state index in [9.17, 15) is 9.18 Å². The Morgan fingerprint density at radius 3 is 2.63 bits per heavy atom. The van der Waals surface area contributed by atoms with E-state index >= 15 is 0 Å². The smallest absolute Gasteiger partial charge is 0.252 e. The van der Waals surface area contributed by atoms with Gasteiger partial charge in [-0.15, -0.1) is 0 Å². The molecule has 1 N–H and O–H groups in total. The number of carbonyl (C=O) groups excluding carboxylic acids is 1. The van der Waals surface area contributed by atoms with Crippen molar-refractivity contribution in [3.05, 3.63) is 34.1 Å². The molecule has 104 valence electrons. The first-order valence-corrected chi connectivity index (χ1v) is 8.32. The molecule has 1 aliphatic carbocycles. The fourth-order valence-corrected chi connectivity index (χ4v) is 3.65. The van der Waals surface area contributed by atoms with Gasteiger partial charge in [-0.25, -0.2) is 4.39 Å². The van der Waals surface area contributed by atoms with Crippen LogP contribution < -0.4 is 5.32 Å². The summed E-state index contributed by atoms with van der Waals surface area (Å²) in [6.07, 6.45) is 5.40. The minimum absolute atomic E-state index is 0.193. The molecule has 1 fully saturated rings. The Morgan fingerprint density at radius 2 is 2.00 bits per heavy atom. The first-order chi connectivity index (χ1) is 9.08. The van der Waals surface area contributed by atoms with Gasteiger partial charge in [-0.2, -0.15) is 0 Å². The van der Waals surface area contributed by atoms with Crippen LogP contribution in [0.3, 0.4) is 0 Å². The molecule has 1 aromatic rings. The fourth-order valence-electron chi connectivity index (χ4n) is 2.51. The van der Waals surface area contributed by atoms with Crippen molar-refractivity contribution >= 4 is 37.8 Å². The fraction of sp³-hybridized carbons (Fsp3) is 0.500. The minimum atomic E-state index is -0.413. The van der Waals surface area contributed by atoms with Crippen LogP contribution in [0.5, 0.6) is 0 Å². The van der Waals surface area contributed by atoms with Crippen LogP contribution >= 0.6 is 31.9 Å². The van der Waals surface area contributed by atoms with Crippen molar-refractivity contribution in [2.24, 2.45) is 0 Å². The number of hydrogen-bond acceptors (Lipinski definition) is 1. The van der Waals surface area contributed by atoms with Gasteiger partial charge in [0.1, 0.15) is 5.82 Å². The molecular weight excluding hydrogens is 377 g/mol. The third-order valence-corrected chi connectivity index (χ3v) is 5.52. The van der Waals surface area contributed by atoms with Gasteiger partial charge in [0.15, 0.2) is 0 Å². The van der Waals surface area contributed by atoms with Crippen molar-refractivity contribution in [1.29, 1.82) is 0 Å². The van der Waals surface area contributed by atoms with E-state index in [1.54, 1.807) is 12.1 Å². The first-order valence-electron chi connectivity index (χ1n) is 6.40. The summed E-state index contributed by atoms with van der Waals surface area (Å²) in [4.78, 5) is 12.3. The summed E-state index contributed by atoms with van der Waals surface area (Å²) in [5.74, 6) is -0.628. The highest BCUT2D eigenvalue weighted by molar-refractivity contribution is 9.10. The van der Waals surface area contributed by atoms with Crippen LogP contribution in [0.1, 0.15) is 42.5 Å². The van der Waals surface area contributed by atoms with Crippen LogP contribution in [-0.2, 0) is 0 Å². The maximum absolute atomic E-state index is 13.5. The van der Waals surface area contributed by atoms with Gasteiger partial charge in [0.2, 0.25) is 0 Å². The highest BCUT2D eigenvalue weighted by atomic mass is 79.9. The van der Waals surface area contributed by atoms with Crippen LogP contribution in [0.15, 0.2) is 22.7 Å². The number of nitrogens with one attached hydrogen (secondary N) is 1. The van der Waals surface area contributed by atoms with Crippen LogP contribution in [-0.4, -0.2) is 16.8 Å². The number of alkyl halides is 1. The second kappa shape index (κ2) is 6.35. The van der Waals surface area contributed by atoms with Crippen molar-refractivity contribution in [3.63, 3.8) is 0 Å². The third-order valence-electron chi connectivity index (χ3n) is 3.64. The topological polar surface area (TPSA) is 29.1 Å². The molecule has 0 aliphatic heterocycles. The average Bonchev–Trinajstić information content (AvgIpc) is 2.42. The SMILES string of the molecule is O=C(NC1(CBr)CCCCC1)c1cccc(F)c1Br. The zero-order chi connectivity index (χ0) is 13.9. The van der Waals surface area contributed by atoms with E-state index in [1.807, 2.05) is 0 Å². The summed E-state index contributed by atoms with van der Waals surface area (Å²) >= 11 is 6.64. The van der Waals surface area contributed by atoms with Gasteiger partial charge in [-0.05, 0) is 40.9 Å². The van der Waals surface area contributed by atoms with Crippen molar-refractivity contribution < 1.29 is 9.18 Å². The van der Waals surface area contributed by atoms with Crippen LogP contribution in [0.2, 0.25) is 0 Å². The van der Waals surface area contributed by atoms with E-state index in [-0.39, 0.29) is 15.9 Å². The van der Waals surface area contributed by atoms with Gasteiger partial charge in [-0.1, -0.05) is 41.3 Å². The highest BCUT2D eigenvalue weighted by Gasteiger charge is 2.33. The Balaban J connectivity index is 2.17. The lowest BCUT2D eigenvalue weighted by Gasteiger charge is -2.36. The quantitative estimate of drug-likeness (QED) is 0.758. The van der Waals surface area contributed by atoms with Crippen molar-refractivity contribution in [1.82, 2.24) is 5.32 Å². The standard InChI is InChI=1S/C14H16Br2FNO/c15-9-14(7-2-1-3-8-14)18-13(19)10-5-4-6-11(17)12(10)16/h4-6H,1-3,7-9H2,(H,18,19). The van der Waals surface area contributed by atoms with Gasteiger partial charge in [0.25, 0.3) is 5.91 Å². The molecule has 0 spiro atoms. The highest BCUT2D eigenvalue weighted by Crippen LogP contribution is 2.31. The molecule has 0 heterocycles. The van der Waals surface area contributed by atoms with E-state index < -0.39 is 5.82 Å². The number of amides is 1. The van der Waals surface area contributed by atoms with Crippen molar-refractivity contribution in [2.75, 3.05) is 5.33 Å². The number of hydrogen-bond donors (Lipinski definition) is 1. The monoisotopic (exact) mass is 391 g/mol. The lowest BCUT2D eigenvalue weighted by atomic mass is 9.83. The third kappa shape index (κ3) is 3.37. The Labute approximate surface area is 129 Å². The van der Waals surface area contributed by atoms with Gasteiger partial charge in [0.05, 0.1) is 15.6 Å². The Bertz CT molecular complexity index is 473. The van der Waals surface area contributed by atoms with Crippen LogP contribution in [0.4, 0.5) is 4.39 Å². The minimum Gasteiger partial charge on any atom is -0.346 e. The van der Waals surface area contributed by atoms with Crippen molar-refractivity contribution in [3.8, 4) is 0 Å². The van der Waals surface area contributed by atoms with Gasteiger partial charge < -0.3 is 5.32 Å². The molecule has 19 heavy (non-hydrogen) atoms. The van der Waals surface area contributed by atoms with Crippen LogP contribution in [0.25, 0.3) is 0 Å². The van der Waals surface area contributed by atoms with E-state index in [0.717, 1.165) is 31.0 Å². The summed E-state index contributed by atoms with van der Waals surface area (Å²) in [5, 5.41) is 3.82. The maximum atomic E-state index is 13.5. The lowest BCUT2D eigenvalue weighted by molar-refractivity contribution is 0.0885. The first kappa shape index (κ1) is 15.0. The Kier molecular flexibility index (Phi) is 5.01. The molecular formula is C14H16Br2FNO. The van der Waals surface area contributed by atoms with Gasteiger partial charge >= 0.3 is 0 Å². The van der Waals surface area contributed by atoms with E-state index in [0.29, 0.717) is 5.56 Å². The molecule has 0 aromatic heterocycles. The summed E-state index contributed by atoms with van der Waals surface area (Å²) < 4.78 is 13.7. The molecule has 1 aromatic carbocycles. The number of carbonyl (C=O) groups is 1. The van der Waals surface area contributed by atoms with E-state index in [4.69, 9.17) is 0 Å². The number of halogens is 3. The van der Waals surface area contributed by atoms with Gasteiger partial charge in [-0.3, -0.25) is 4.79 Å². The van der Waals surface area contributed by atoms with E-state index in [1.165, 1.54) is 12.5 Å². The molecule has 0 atom stereocenters. The largest absolute Gasteiger partial charge is 0.346 e. The normalized spacial score (nSPS) is 18.1. The summed E-state index contributed by atoms with van der Waals surface area (Å²) in [6, 6.07) is 4.52. The number of rotatable bonds is 3.